The van der Waals surface area contributed by atoms with Crippen molar-refractivity contribution >= 4 is 11.8 Å². The number of carbonyl (C=O) groups excluding carboxylic acids is 1. The van der Waals surface area contributed by atoms with Crippen molar-refractivity contribution < 1.29 is 27.4 Å². The minimum Gasteiger partial charge on any atom is -0.449 e. The molecule has 4 rings (SSSR count). The minimum absolute atomic E-state index is 0.0544. The molecule has 4 unspecified atom stereocenters. The van der Waals surface area contributed by atoms with E-state index >= 15 is 0 Å². The van der Waals surface area contributed by atoms with E-state index in [0.717, 1.165) is 11.6 Å². The number of ether oxygens (including phenoxy) is 2. The van der Waals surface area contributed by atoms with Crippen LogP contribution in [0.4, 0.5) is 23.7 Å². The molecule has 0 bridgehead atoms. The molecule has 0 radical (unpaired) electrons. The zero-order valence-electron chi connectivity index (χ0n) is 19.3. The molecule has 184 valence electrons. The van der Waals surface area contributed by atoms with Crippen molar-refractivity contribution in [3.63, 3.8) is 0 Å². The largest absolute Gasteiger partial charge is 0.449 e. The van der Waals surface area contributed by atoms with Crippen LogP contribution in [0.2, 0.25) is 0 Å². The van der Waals surface area contributed by atoms with Crippen LogP contribution in [0.25, 0.3) is 0 Å². The van der Waals surface area contributed by atoms with Crippen LogP contribution >= 0.6 is 0 Å². The molecule has 2 aromatic rings. The molecular formula is C25H30F3N3O3. The van der Waals surface area contributed by atoms with Gasteiger partial charge in [0.1, 0.15) is 0 Å². The van der Waals surface area contributed by atoms with E-state index < -0.39 is 23.9 Å². The fourth-order valence-electron chi connectivity index (χ4n) is 4.68. The Morgan fingerprint density at radius 2 is 1.97 bits per heavy atom. The van der Waals surface area contributed by atoms with Crippen molar-refractivity contribution in [3.8, 4) is 0 Å². The number of rotatable bonds is 6. The van der Waals surface area contributed by atoms with E-state index in [1.165, 1.54) is 12.1 Å². The summed E-state index contributed by atoms with van der Waals surface area (Å²) in [7, 11) is 3.83. The molecular weight excluding hydrogens is 447 g/mol. The highest BCUT2D eigenvalue weighted by molar-refractivity contribution is 5.67. The molecule has 0 saturated carbocycles. The van der Waals surface area contributed by atoms with Gasteiger partial charge >= 0.3 is 12.3 Å². The first kappa shape index (κ1) is 24.3. The zero-order chi connectivity index (χ0) is 24.3. The Morgan fingerprint density at radius 3 is 2.68 bits per heavy atom. The molecule has 2 N–H and O–H groups in total. The summed E-state index contributed by atoms with van der Waals surface area (Å²) in [6.45, 7) is 1.68. The van der Waals surface area contributed by atoms with Gasteiger partial charge < -0.3 is 25.0 Å². The second-order valence-corrected chi connectivity index (χ2v) is 9.18. The molecule has 0 aromatic heterocycles. The van der Waals surface area contributed by atoms with Crippen molar-refractivity contribution in [1.29, 1.82) is 0 Å². The van der Waals surface area contributed by atoms with E-state index in [9.17, 15) is 18.0 Å². The van der Waals surface area contributed by atoms with Crippen LogP contribution < -0.4 is 10.6 Å². The lowest BCUT2D eigenvalue weighted by Gasteiger charge is -2.45. The summed E-state index contributed by atoms with van der Waals surface area (Å²) in [6, 6.07) is 13.5. The number of alkyl carbamates (subject to hydrolysis) is 1. The molecule has 6 nitrogen and oxygen atoms in total. The number of likely N-dealkylation sites (N-methyl/N-ethyl adjacent to an activating group) is 1. The van der Waals surface area contributed by atoms with Crippen molar-refractivity contribution in [1.82, 2.24) is 10.2 Å². The summed E-state index contributed by atoms with van der Waals surface area (Å²) in [4.78, 5) is 14.0. The van der Waals surface area contributed by atoms with Crippen LogP contribution in [0.5, 0.6) is 0 Å². The average Bonchev–Trinajstić information content (AvgIpc) is 2.81. The lowest BCUT2D eigenvalue weighted by molar-refractivity contribution is -0.137. The van der Waals surface area contributed by atoms with E-state index in [1.807, 2.05) is 49.3 Å². The predicted octanol–water partition coefficient (Wildman–Crippen LogP) is 4.85. The highest BCUT2D eigenvalue weighted by atomic mass is 19.4. The van der Waals surface area contributed by atoms with Crippen molar-refractivity contribution in [2.75, 3.05) is 45.7 Å². The molecule has 1 saturated heterocycles. The third-order valence-corrected chi connectivity index (χ3v) is 6.37. The van der Waals surface area contributed by atoms with Crippen molar-refractivity contribution in [3.05, 3.63) is 65.2 Å². The maximum absolute atomic E-state index is 13.4. The zero-order valence-corrected chi connectivity index (χ0v) is 19.3. The fourth-order valence-corrected chi connectivity index (χ4v) is 4.68. The van der Waals surface area contributed by atoms with Gasteiger partial charge in [-0.1, -0.05) is 30.3 Å². The number of anilines is 1. The monoisotopic (exact) mass is 477 g/mol. The van der Waals surface area contributed by atoms with E-state index in [-0.39, 0.29) is 24.5 Å². The highest BCUT2D eigenvalue weighted by Gasteiger charge is 2.44. The second kappa shape index (κ2) is 10.2. The molecule has 34 heavy (non-hydrogen) atoms. The van der Waals surface area contributed by atoms with Crippen LogP contribution in [0, 0.1) is 11.8 Å². The Bertz CT molecular complexity index is 984. The number of nitrogens with zero attached hydrogens (tertiary/aromatic N) is 1. The molecule has 9 heteroatoms. The van der Waals surface area contributed by atoms with Crippen LogP contribution in [-0.4, -0.2) is 51.4 Å². The lowest BCUT2D eigenvalue weighted by atomic mass is 9.75. The molecule has 2 aromatic carbocycles. The van der Waals surface area contributed by atoms with E-state index in [1.54, 1.807) is 0 Å². The number of alkyl halides is 3. The van der Waals surface area contributed by atoms with Gasteiger partial charge in [0.2, 0.25) is 0 Å². The third kappa shape index (κ3) is 5.64. The SMILES string of the molecule is CN(C)CCNC(=O)OCC1COC2c3cc(C(F)(F)F)ccc3NC(c3ccccc3)C2C1. The van der Waals surface area contributed by atoms with Crippen molar-refractivity contribution in [2.24, 2.45) is 11.8 Å². The summed E-state index contributed by atoms with van der Waals surface area (Å²) >= 11 is 0. The van der Waals surface area contributed by atoms with Gasteiger partial charge in [0.25, 0.3) is 0 Å². The molecule has 4 atom stereocenters. The normalized spacial score (nSPS) is 24.1. The third-order valence-electron chi connectivity index (χ3n) is 6.37. The number of halogens is 3. The maximum atomic E-state index is 13.4. The molecule has 2 heterocycles. The number of amides is 1. The van der Waals surface area contributed by atoms with Crippen LogP contribution in [0.1, 0.15) is 35.3 Å². The summed E-state index contributed by atoms with van der Waals surface area (Å²) in [6.07, 6.45) is -4.73. The van der Waals surface area contributed by atoms with Crippen LogP contribution in [-0.2, 0) is 15.7 Å². The second-order valence-electron chi connectivity index (χ2n) is 9.18. The number of hydrogen-bond donors (Lipinski definition) is 2. The highest BCUT2D eigenvalue weighted by Crippen LogP contribution is 2.51. The number of nitrogens with one attached hydrogen (secondary N) is 2. The molecule has 2 aliphatic rings. The number of hydrogen-bond acceptors (Lipinski definition) is 5. The van der Waals surface area contributed by atoms with Gasteiger partial charge in [0.05, 0.1) is 30.9 Å². The lowest BCUT2D eigenvalue weighted by Crippen LogP contribution is -2.41. The van der Waals surface area contributed by atoms with Gasteiger partial charge in [-0.15, -0.1) is 0 Å². The Labute approximate surface area is 197 Å². The fraction of sp³-hybridized carbons (Fsp3) is 0.480. The van der Waals surface area contributed by atoms with Crippen LogP contribution in [0.15, 0.2) is 48.5 Å². The van der Waals surface area contributed by atoms with Gasteiger partial charge in [-0.05, 0) is 44.3 Å². The molecule has 1 amide bonds. The first-order valence-electron chi connectivity index (χ1n) is 11.4. The quantitative estimate of drug-likeness (QED) is 0.623. The average molecular weight is 478 g/mol. The van der Waals surface area contributed by atoms with Gasteiger partial charge in [0.15, 0.2) is 0 Å². The molecule has 1 fully saturated rings. The minimum atomic E-state index is -4.42. The molecule has 0 spiro atoms. The van der Waals surface area contributed by atoms with Gasteiger partial charge in [-0.2, -0.15) is 13.2 Å². The standard InChI is InChI=1S/C25H30F3N3O3/c1-31(2)11-10-29-24(32)34-15-16-12-20-22(17-6-4-3-5-7-17)30-21-9-8-18(25(26,27)28)13-19(21)23(20)33-14-16/h3-9,13,16,20,22-23,30H,10-12,14-15H2,1-2H3,(H,29,32). The Balaban J connectivity index is 1.51. The number of carbonyl (C=O) groups is 1. The summed E-state index contributed by atoms with van der Waals surface area (Å²) in [5.74, 6) is -0.168. The van der Waals surface area contributed by atoms with Gasteiger partial charge in [-0.25, -0.2) is 4.79 Å². The number of benzene rings is 2. The van der Waals surface area contributed by atoms with E-state index in [0.29, 0.717) is 37.4 Å². The van der Waals surface area contributed by atoms with Crippen LogP contribution in [0.3, 0.4) is 0 Å². The topological polar surface area (TPSA) is 62.8 Å². The van der Waals surface area contributed by atoms with E-state index in [4.69, 9.17) is 9.47 Å². The van der Waals surface area contributed by atoms with Crippen molar-refractivity contribution in [2.45, 2.75) is 24.7 Å². The Morgan fingerprint density at radius 1 is 1.21 bits per heavy atom. The Kier molecular flexibility index (Phi) is 7.33. The smallest absolute Gasteiger partial charge is 0.416 e. The summed E-state index contributed by atoms with van der Waals surface area (Å²) in [5.41, 5.74) is 1.52. The Hall–Kier alpha value is -2.78. The molecule has 0 aliphatic carbocycles. The maximum Gasteiger partial charge on any atom is 0.416 e. The summed E-state index contributed by atoms with van der Waals surface area (Å²) in [5, 5.41) is 6.16. The summed E-state index contributed by atoms with van der Waals surface area (Å²) < 4.78 is 51.7. The van der Waals surface area contributed by atoms with E-state index in [2.05, 4.69) is 10.6 Å². The number of fused-ring (bicyclic) bond motifs is 3. The van der Waals surface area contributed by atoms with Gasteiger partial charge in [-0.3, -0.25) is 0 Å². The predicted molar refractivity (Wildman–Crippen MR) is 122 cm³/mol. The first-order valence-corrected chi connectivity index (χ1v) is 11.4. The first-order chi connectivity index (χ1) is 16.2. The molecule has 2 aliphatic heterocycles. The van der Waals surface area contributed by atoms with Gasteiger partial charge in [0, 0.05) is 36.2 Å².